The molecule has 0 aliphatic rings. The molecule has 0 heterocycles. The van der Waals surface area contributed by atoms with Gasteiger partial charge in [-0.15, -0.1) is 0 Å². The van der Waals surface area contributed by atoms with Crippen molar-refractivity contribution in [3.8, 4) is 0 Å². The number of ether oxygens (including phenoxy) is 13. The fourth-order valence-electron chi connectivity index (χ4n) is 3.54. The molecule has 15 nitrogen and oxygen atoms in total. The molecule has 0 radical (unpaired) electrons. The van der Waals surface area contributed by atoms with E-state index < -0.39 is 5.97 Å². The summed E-state index contributed by atoms with van der Waals surface area (Å²) in [5.74, 6) is -0.619. The molecule has 0 aromatic heterocycles. The number of esters is 2. The van der Waals surface area contributed by atoms with Crippen LogP contribution in [0, 0.1) is 0 Å². The molecule has 49 heavy (non-hydrogen) atoms. The monoisotopic (exact) mass is 712 g/mol. The average Bonchev–Trinajstić information content (AvgIpc) is 3.11. The van der Waals surface area contributed by atoms with Crippen LogP contribution in [-0.2, 0) is 71.2 Å². The Morgan fingerprint density at radius 3 is 0.918 bits per heavy atom. The van der Waals surface area contributed by atoms with Gasteiger partial charge in [-0.2, -0.15) is 0 Å². The normalized spacial score (nSPS) is 11.2. The summed E-state index contributed by atoms with van der Waals surface area (Å²) in [6.07, 6.45) is 5.85. The predicted molar refractivity (Wildman–Crippen MR) is 180 cm³/mol. The highest BCUT2D eigenvalue weighted by atomic mass is 16.6. The van der Waals surface area contributed by atoms with Gasteiger partial charge in [-0.25, -0.2) is 4.79 Å². The van der Waals surface area contributed by atoms with E-state index in [1.165, 1.54) is 0 Å². The summed E-state index contributed by atoms with van der Waals surface area (Å²) in [6.45, 7) is 16.1. The van der Waals surface area contributed by atoms with Gasteiger partial charge in [-0.1, -0.05) is 32.8 Å². The van der Waals surface area contributed by atoms with Crippen LogP contribution in [0.3, 0.4) is 0 Å². The van der Waals surface area contributed by atoms with E-state index >= 15 is 0 Å². The van der Waals surface area contributed by atoms with Crippen molar-refractivity contribution in [1.82, 2.24) is 0 Å². The smallest absolute Gasteiger partial charge is 0.330 e. The van der Waals surface area contributed by atoms with E-state index in [9.17, 15) is 9.59 Å². The van der Waals surface area contributed by atoms with Crippen molar-refractivity contribution >= 4 is 11.9 Å². The number of carbonyl (C=O) groups excluding carboxylic acids is 2. The van der Waals surface area contributed by atoms with Crippen molar-refractivity contribution in [2.75, 3.05) is 159 Å². The zero-order valence-corrected chi connectivity index (χ0v) is 29.9. The average molecular weight is 713 g/mol. The second kappa shape index (κ2) is 42.4. The van der Waals surface area contributed by atoms with Crippen LogP contribution in [0.25, 0.3) is 0 Å². The van der Waals surface area contributed by atoms with Crippen LogP contribution < -0.4 is 0 Å². The second-order valence-electron chi connectivity index (χ2n) is 10.1. The van der Waals surface area contributed by atoms with E-state index in [2.05, 4.69) is 13.5 Å². The lowest BCUT2D eigenvalue weighted by Crippen LogP contribution is -2.16. The van der Waals surface area contributed by atoms with E-state index in [1.54, 1.807) is 0 Å². The molecule has 0 aromatic carbocycles. The first-order chi connectivity index (χ1) is 24.2. The van der Waals surface area contributed by atoms with Crippen LogP contribution in [0.2, 0.25) is 0 Å². The molecule has 0 bridgehead atoms. The van der Waals surface area contributed by atoms with E-state index in [1.807, 2.05) is 0 Å². The summed E-state index contributed by atoms with van der Waals surface area (Å²) in [5.41, 5.74) is 0. The molecular formula is C34H64O15. The highest BCUT2D eigenvalue weighted by Crippen LogP contribution is 2.03. The Labute approximate surface area is 293 Å². The maximum absolute atomic E-state index is 11.5. The molecule has 0 amide bonds. The van der Waals surface area contributed by atoms with Gasteiger partial charge in [0.2, 0.25) is 0 Å². The molecule has 290 valence electrons. The molecular weight excluding hydrogens is 648 g/mol. The van der Waals surface area contributed by atoms with Gasteiger partial charge in [0.05, 0.1) is 145 Å². The third-order valence-electron chi connectivity index (χ3n) is 6.08. The number of hydrogen-bond acceptors (Lipinski definition) is 15. The van der Waals surface area contributed by atoms with E-state index in [-0.39, 0.29) is 19.2 Å². The van der Waals surface area contributed by atoms with Crippen LogP contribution >= 0.6 is 0 Å². The zero-order chi connectivity index (χ0) is 35.6. The quantitative estimate of drug-likeness (QED) is 0.0517. The van der Waals surface area contributed by atoms with Gasteiger partial charge in [0.25, 0.3) is 0 Å². The Hall–Kier alpha value is -1.76. The summed E-state index contributed by atoms with van der Waals surface area (Å²) < 4.78 is 69.6. The minimum Gasteiger partial charge on any atom is -0.463 e. The largest absolute Gasteiger partial charge is 0.463 e. The predicted octanol–water partition coefficient (Wildman–Crippen LogP) is 2.41. The summed E-state index contributed by atoms with van der Waals surface area (Å²) >= 11 is 0. The lowest BCUT2D eigenvalue weighted by molar-refractivity contribution is -0.145. The maximum Gasteiger partial charge on any atom is 0.330 e. The van der Waals surface area contributed by atoms with Gasteiger partial charge in [0.1, 0.15) is 13.2 Å². The van der Waals surface area contributed by atoms with Crippen LogP contribution in [-0.4, -0.2) is 171 Å². The molecule has 0 N–H and O–H groups in total. The van der Waals surface area contributed by atoms with E-state index in [0.717, 1.165) is 31.8 Å². The van der Waals surface area contributed by atoms with Crippen LogP contribution in [0.1, 0.15) is 39.0 Å². The lowest BCUT2D eigenvalue weighted by Gasteiger charge is -2.09. The lowest BCUT2D eigenvalue weighted by atomic mass is 10.2. The first kappa shape index (κ1) is 47.2. The van der Waals surface area contributed by atoms with Crippen LogP contribution in [0.4, 0.5) is 0 Å². The van der Waals surface area contributed by atoms with Gasteiger partial charge in [-0.05, 0) is 6.42 Å². The Morgan fingerprint density at radius 1 is 0.388 bits per heavy atom. The summed E-state index contributed by atoms with van der Waals surface area (Å²) in [4.78, 5) is 22.4. The van der Waals surface area contributed by atoms with Crippen LogP contribution in [0.5, 0.6) is 0 Å². The molecule has 0 aliphatic carbocycles. The van der Waals surface area contributed by atoms with Crippen molar-refractivity contribution in [2.24, 2.45) is 0 Å². The molecule has 0 unspecified atom stereocenters. The molecule has 0 aliphatic heterocycles. The third-order valence-corrected chi connectivity index (χ3v) is 6.08. The Balaban J connectivity index is 3.09. The third kappa shape index (κ3) is 42.3. The highest BCUT2D eigenvalue weighted by Gasteiger charge is 2.02. The number of rotatable bonds is 42. The van der Waals surface area contributed by atoms with E-state index in [0.29, 0.717) is 152 Å². The Bertz CT molecular complexity index is 698. The molecule has 0 aromatic rings. The maximum atomic E-state index is 11.5. The Kier molecular flexibility index (Phi) is 40.9. The highest BCUT2D eigenvalue weighted by molar-refractivity contribution is 5.81. The molecule has 0 fully saturated rings. The van der Waals surface area contributed by atoms with Crippen molar-refractivity contribution in [1.29, 1.82) is 0 Å². The molecule has 0 atom stereocenters. The molecule has 0 saturated carbocycles. The number of carbonyl (C=O) groups is 2. The number of hydrogen-bond donors (Lipinski definition) is 0. The first-order valence-corrected chi connectivity index (χ1v) is 17.5. The second-order valence-corrected chi connectivity index (χ2v) is 10.1. The van der Waals surface area contributed by atoms with Gasteiger partial charge < -0.3 is 61.6 Å². The summed E-state index contributed by atoms with van der Waals surface area (Å²) in [7, 11) is 0. The molecule has 0 spiro atoms. The van der Waals surface area contributed by atoms with Crippen molar-refractivity contribution in [3.05, 3.63) is 12.7 Å². The van der Waals surface area contributed by atoms with Crippen molar-refractivity contribution in [2.45, 2.75) is 39.0 Å². The summed E-state index contributed by atoms with van der Waals surface area (Å²) in [6, 6.07) is 0. The van der Waals surface area contributed by atoms with Crippen molar-refractivity contribution in [3.63, 3.8) is 0 Å². The minimum atomic E-state index is -0.462. The van der Waals surface area contributed by atoms with Gasteiger partial charge in [-0.3, -0.25) is 4.79 Å². The molecule has 0 saturated heterocycles. The summed E-state index contributed by atoms with van der Waals surface area (Å²) in [5, 5.41) is 0. The van der Waals surface area contributed by atoms with Gasteiger partial charge in [0.15, 0.2) is 0 Å². The fraction of sp³-hybridized carbons (Fsp3) is 0.882. The molecule has 0 rings (SSSR count). The van der Waals surface area contributed by atoms with E-state index in [4.69, 9.17) is 61.6 Å². The van der Waals surface area contributed by atoms with Gasteiger partial charge >= 0.3 is 11.9 Å². The number of unbranched alkanes of at least 4 members (excludes halogenated alkanes) is 3. The fourth-order valence-corrected chi connectivity index (χ4v) is 3.54. The SMILES string of the molecule is C=CC(=O)OCCOCCOCCOCCOCCOCCOCCOCCOCCOCCOCCOCCOC(=O)CCCCCC. The minimum absolute atomic E-state index is 0.157. The van der Waals surface area contributed by atoms with Crippen molar-refractivity contribution < 1.29 is 71.2 Å². The molecule has 15 heteroatoms. The van der Waals surface area contributed by atoms with Crippen LogP contribution in [0.15, 0.2) is 12.7 Å². The van der Waals surface area contributed by atoms with Gasteiger partial charge in [0, 0.05) is 12.5 Å². The first-order valence-electron chi connectivity index (χ1n) is 17.5. The zero-order valence-electron chi connectivity index (χ0n) is 29.9. The standard InChI is InChI=1S/C34H64O15/c1-3-5-6-7-8-34(36)49-32-30-47-28-26-45-24-22-43-20-18-41-16-14-39-12-10-37-9-11-38-13-15-40-17-19-42-21-23-44-25-27-46-29-31-48-33(35)4-2/h4H,2-3,5-32H2,1H3. The topological polar surface area (TPSA) is 154 Å². The Morgan fingerprint density at radius 2 is 0.653 bits per heavy atom.